The Morgan fingerprint density at radius 3 is 2.65 bits per heavy atom. The van der Waals surface area contributed by atoms with Crippen LogP contribution >= 0.6 is 0 Å². The average molecular weight is 343 g/mol. The van der Waals surface area contributed by atoms with Gasteiger partial charge in [-0.05, 0) is 25.0 Å². The fourth-order valence-corrected chi connectivity index (χ4v) is 4.51. The van der Waals surface area contributed by atoms with E-state index in [4.69, 9.17) is 4.74 Å². The number of carboxylic acids is 1. The quantitative estimate of drug-likeness (QED) is 0.798. The number of sulfonamides is 1. The molecule has 2 rings (SSSR count). The third kappa shape index (κ3) is 3.04. The summed E-state index contributed by atoms with van der Waals surface area (Å²) in [5.41, 5.74) is -1.56. The summed E-state index contributed by atoms with van der Waals surface area (Å²) >= 11 is 0. The van der Waals surface area contributed by atoms with E-state index >= 15 is 0 Å². The number of hydrogen-bond donors (Lipinski definition) is 1. The zero-order chi connectivity index (χ0) is 17.3. The average Bonchev–Trinajstić information content (AvgIpc) is 2.93. The van der Waals surface area contributed by atoms with Crippen molar-refractivity contribution in [2.45, 2.75) is 23.3 Å². The summed E-state index contributed by atoms with van der Waals surface area (Å²) in [7, 11) is 0.991. The van der Waals surface area contributed by atoms with Crippen LogP contribution in [0.3, 0.4) is 0 Å². The first-order valence-corrected chi connectivity index (χ1v) is 8.58. The Kier molecular flexibility index (Phi) is 4.92. The van der Waals surface area contributed by atoms with E-state index in [1.807, 2.05) is 0 Å². The van der Waals surface area contributed by atoms with Gasteiger partial charge in [-0.25, -0.2) is 13.4 Å². The Morgan fingerprint density at radius 2 is 2.17 bits per heavy atom. The summed E-state index contributed by atoms with van der Waals surface area (Å²) in [5.74, 6) is -0.579. The van der Waals surface area contributed by atoms with Gasteiger partial charge in [0.2, 0.25) is 10.0 Å². The zero-order valence-corrected chi connectivity index (χ0v) is 14.2. The van der Waals surface area contributed by atoms with E-state index in [-0.39, 0.29) is 24.5 Å². The number of hydrogen-bond acceptors (Lipinski definition) is 6. The van der Waals surface area contributed by atoms with Crippen LogP contribution in [0.1, 0.15) is 12.8 Å². The molecule has 0 amide bonds. The van der Waals surface area contributed by atoms with Crippen LogP contribution in [0.5, 0.6) is 0 Å². The molecule has 23 heavy (non-hydrogen) atoms. The normalized spacial score (nSPS) is 22.2. The minimum absolute atomic E-state index is 0.0215. The van der Waals surface area contributed by atoms with Crippen molar-refractivity contribution in [3.8, 4) is 0 Å². The SMILES string of the molecule is COCC1(C(=O)O)CCCN1S(=O)(=O)c1ccc(N(C)C)nc1. The van der Waals surface area contributed by atoms with Crippen molar-refractivity contribution in [3.05, 3.63) is 18.3 Å². The molecule has 1 unspecified atom stereocenters. The number of anilines is 1. The van der Waals surface area contributed by atoms with Crippen molar-refractivity contribution < 1.29 is 23.1 Å². The lowest BCUT2D eigenvalue weighted by atomic mass is 9.99. The van der Waals surface area contributed by atoms with Crippen LogP contribution in [-0.2, 0) is 19.6 Å². The first-order valence-electron chi connectivity index (χ1n) is 7.14. The highest BCUT2D eigenvalue weighted by molar-refractivity contribution is 7.89. The molecule has 1 aromatic rings. The van der Waals surface area contributed by atoms with Gasteiger partial charge in [0, 0.05) is 33.9 Å². The van der Waals surface area contributed by atoms with Gasteiger partial charge in [-0.2, -0.15) is 4.31 Å². The predicted molar refractivity (Wildman–Crippen MR) is 83.9 cm³/mol. The second-order valence-corrected chi connectivity index (χ2v) is 7.56. The van der Waals surface area contributed by atoms with Crippen molar-refractivity contribution in [1.82, 2.24) is 9.29 Å². The van der Waals surface area contributed by atoms with E-state index in [2.05, 4.69) is 4.98 Å². The van der Waals surface area contributed by atoms with E-state index in [9.17, 15) is 18.3 Å². The molecule has 2 heterocycles. The molecule has 1 atom stereocenters. The molecule has 0 bridgehead atoms. The molecule has 1 aliphatic heterocycles. The molecule has 128 valence electrons. The molecule has 1 aromatic heterocycles. The fourth-order valence-electron chi connectivity index (χ4n) is 2.78. The Balaban J connectivity index is 2.43. The largest absolute Gasteiger partial charge is 0.480 e. The molecule has 1 saturated heterocycles. The van der Waals surface area contributed by atoms with E-state index in [0.717, 1.165) is 4.31 Å². The van der Waals surface area contributed by atoms with Gasteiger partial charge in [0.25, 0.3) is 0 Å². The second kappa shape index (κ2) is 6.42. The van der Waals surface area contributed by atoms with E-state index in [1.165, 1.54) is 19.4 Å². The number of carbonyl (C=O) groups is 1. The van der Waals surface area contributed by atoms with Crippen molar-refractivity contribution in [2.75, 3.05) is 39.3 Å². The van der Waals surface area contributed by atoms with Crippen LogP contribution in [0.4, 0.5) is 5.82 Å². The summed E-state index contributed by atoms with van der Waals surface area (Å²) in [6.07, 6.45) is 1.94. The minimum Gasteiger partial charge on any atom is -0.480 e. The molecule has 0 spiro atoms. The van der Waals surface area contributed by atoms with Crippen LogP contribution < -0.4 is 4.90 Å². The summed E-state index contributed by atoms with van der Waals surface area (Å²) in [6.45, 7) is -0.0435. The Hall–Kier alpha value is -1.71. The molecule has 0 radical (unpaired) electrons. The molecular formula is C14H21N3O5S. The first-order chi connectivity index (χ1) is 10.8. The van der Waals surface area contributed by atoms with Gasteiger partial charge in [0.15, 0.2) is 5.54 Å². The summed E-state index contributed by atoms with van der Waals surface area (Å²) < 4.78 is 31.7. The van der Waals surface area contributed by atoms with E-state index < -0.39 is 21.5 Å². The van der Waals surface area contributed by atoms with Crippen LogP contribution in [0.25, 0.3) is 0 Å². The highest BCUT2D eigenvalue weighted by Crippen LogP contribution is 2.35. The van der Waals surface area contributed by atoms with Gasteiger partial charge in [0.1, 0.15) is 10.7 Å². The van der Waals surface area contributed by atoms with Crippen LogP contribution in [0.15, 0.2) is 23.2 Å². The number of pyridine rings is 1. The van der Waals surface area contributed by atoms with Crippen molar-refractivity contribution in [3.63, 3.8) is 0 Å². The molecule has 0 aliphatic carbocycles. The van der Waals surface area contributed by atoms with Gasteiger partial charge in [-0.1, -0.05) is 0 Å². The lowest BCUT2D eigenvalue weighted by Crippen LogP contribution is -2.55. The van der Waals surface area contributed by atoms with Gasteiger partial charge in [-0.15, -0.1) is 0 Å². The molecule has 0 aromatic carbocycles. The van der Waals surface area contributed by atoms with Crippen molar-refractivity contribution in [2.24, 2.45) is 0 Å². The number of methoxy groups -OCH3 is 1. The number of rotatable bonds is 6. The maximum absolute atomic E-state index is 12.9. The number of ether oxygens (including phenoxy) is 1. The molecule has 1 aliphatic rings. The molecular weight excluding hydrogens is 322 g/mol. The van der Waals surface area contributed by atoms with Crippen LogP contribution in [0, 0.1) is 0 Å². The molecule has 1 N–H and O–H groups in total. The summed E-state index contributed by atoms with van der Waals surface area (Å²) in [6, 6.07) is 3.02. The highest BCUT2D eigenvalue weighted by Gasteiger charge is 2.53. The van der Waals surface area contributed by atoms with Gasteiger partial charge in [0.05, 0.1) is 6.61 Å². The number of carboxylic acid groups (broad SMARTS) is 1. The molecule has 1 fully saturated rings. The maximum Gasteiger partial charge on any atom is 0.327 e. The third-order valence-electron chi connectivity index (χ3n) is 3.98. The lowest BCUT2D eigenvalue weighted by Gasteiger charge is -2.33. The van der Waals surface area contributed by atoms with Gasteiger partial charge < -0.3 is 14.7 Å². The molecule has 0 saturated carbocycles. The maximum atomic E-state index is 12.9. The third-order valence-corrected chi connectivity index (χ3v) is 5.93. The Labute approximate surface area is 135 Å². The first kappa shape index (κ1) is 17.6. The monoisotopic (exact) mass is 343 g/mol. The van der Waals surface area contributed by atoms with Crippen molar-refractivity contribution >= 4 is 21.8 Å². The Morgan fingerprint density at radius 1 is 1.48 bits per heavy atom. The smallest absolute Gasteiger partial charge is 0.327 e. The topological polar surface area (TPSA) is 100 Å². The zero-order valence-electron chi connectivity index (χ0n) is 13.4. The van der Waals surface area contributed by atoms with Crippen molar-refractivity contribution in [1.29, 1.82) is 0 Å². The summed E-state index contributed by atoms with van der Waals surface area (Å²) in [4.78, 5) is 17.6. The summed E-state index contributed by atoms with van der Waals surface area (Å²) in [5, 5.41) is 9.58. The van der Waals surface area contributed by atoms with E-state index in [0.29, 0.717) is 12.2 Å². The predicted octanol–water partition coefficient (Wildman–Crippen LogP) is 0.402. The molecule has 8 nitrogen and oxygen atoms in total. The van der Waals surface area contributed by atoms with Crippen LogP contribution in [0.2, 0.25) is 0 Å². The van der Waals surface area contributed by atoms with E-state index in [1.54, 1.807) is 25.1 Å². The highest BCUT2D eigenvalue weighted by atomic mass is 32.2. The lowest BCUT2D eigenvalue weighted by molar-refractivity contribution is -0.150. The van der Waals surface area contributed by atoms with Gasteiger partial charge >= 0.3 is 5.97 Å². The van der Waals surface area contributed by atoms with Crippen LogP contribution in [-0.4, -0.2) is 68.7 Å². The molecule has 9 heteroatoms. The number of nitrogens with zero attached hydrogens (tertiary/aromatic N) is 3. The minimum atomic E-state index is -3.96. The Bertz CT molecular complexity index is 674. The number of aromatic nitrogens is 1. The standard InChI is InChI=1S/C14H21N3O5S/c1-16(2)12-6-5-11(9-15-12)23(20,21)17-8-4-7-14(17,10-22-3)13(18)19/h5-6,9H,4,7-8,10H2,1-3H3,(H,18,19). The second-order valence-electron chi connectivity index (χ2n) is 5.70. The number of aliphatic carboxylic acids is 1. The van der Waals surface area contributed by atoms with Gasteiger partial charge in [-0.3, -0.25) is 4.79 Å². The fraction of sp³-hybridized carbons (Fsp3) is 0.571.